The smallest absolute Gasteiger partial charge is 0.126 e. The average Bonchev–Trinajstić information content (AvgIpc) is 2.27. The quantitative estimate of drug-likeness (QED) is 0.594. The molecular weight excluding hydrogens is 222 g/mol. The lowest BCUT2D eigenvalue weighted by Crippen LogP contribution is -2.42. The molecule has 1 atom stereocenters. The monoisotopic (exact) mass is 242 g/mol. The van der Waals surface area contributed by atoms with Crippen molar-refractivity contribution in [1.29, 1.82) is 0 Å². The first-order chi connectivity index (χ1) is 8.10. The van der Waals surface area contributed by atoms with Crippen molar-refractivity contribution in [3.05, 3.63) is 35.4 Å². The molecule has 1 unspecified atom stereocenters. The molecule has 4 heteroatoms. The maximum absolute atomic E-state index is 13.1. The van der Waals surface area contributed by atoms with E-state index in [1.807, 2.05) is 0 Å². The van der Waals surface area contributed by atoms with Gasteiger partial charge in [-0.3, -0.25) is 11.3 Å². The van der Waals surface area contributed by atoms with Crippen LogP contribution in [0.1, 0.15) is 32.3 Å². The van der Waals surface area contributed by atoms with Crippen LogP contribution in [0.3, 0.4) is 0 Å². The van der Waals surface area contributed by atoms with Gasteiger partial charge in [0.1, 0.15) is 11.6 Å². The molecule has 0 radical (unpaired) electrons. The molecule has 0 aromatic heterocycles. The van der Waals surface area contributed by atoms with Gasteiger partial charge in [-0.15, -0.1) is 0 Å². The fraction of sp³-hybridized carbons (Fsp3) is 0.538. The lowest BCUT2D eigenvalue weighted by molar-refractivity contribution is 0.335. The molecule has 0 bridgehead atoms. The standard InChI is InChI=1S/C13H20F2N2/c1-3-10(4-2)13(17-16)7-9-5-11(14)8-12(15)6-9/h5-6,8,10,13,17H,3-4,7,16H2,1-2H3. The highest BCUT2D eigenvalue weighted by Gasteiger charge is 2.18. The molecule has 0 aliphatic carbocycles. The van der Waals surface area contributed by atoms with Crippen LogP contribution in [-0.2, 0) is 6.42 Å². The average molecular weight is 242 g/mol. The van der Waals surface area contributed by atoms with Gasteiger partial charge in [0.25, 0.3) is 0 Å². The van der Waals surface area contributed by atoms with Gasteiger partial charge in [0.05, 0.1) is 0 Å². The molecule has 96 valence electrons. The number of nitrogens with two attached hydrogens (primary N) is 1. The third-order valence-corrected chi connectivity index (χ3v) is 3.21. The fourth-order valence-electron chi connectivity index (χ4n) is 2.20. The Morgan fingerprint density at radius 3 is 2.06 bits per heavy atom. The molecule has 0 spiro atoms. The van der Waals surface area contributed by atoms with Crippen LogP contribution in [0.5, 0.6) is 0 Å². The Hall–Kier alpha value is -1.00. The van der Waals surface area contributed by atoms with E-state index in [0.29, 0.717) is 17.9 Å². The second-order valence-corrected chi connectivity index (χ2v) is 4.33. The SMILES string of the molecule is CCC(CC)C(Cc1cc(F)cc(F)c1)NN. The van der Waals surface area contributed by atoms with Crippen molar-refractivity contribution in [2.75, 3.05) is 0 Å². The minimum absolute atomic E-state index is 0.0474. The second kappa shape index (κ2) is 6.67. The van der Waals surface area contributed by atoms with E-state index in [1.54, 1.807) is 0 Å². The van der Waals surface area contributed by atoms with Gasteiger partial charge >= 0.3 is 0 Å². The van der Waals surface area contributed by atoms with E-state index in [4.69, 9.17) is 5.84 Å². The van der Waals surface area contributed by atoms with Crippen LogP contribution in [0.25, 0.3) is 0 Å². The van der Waals surface area contributed by atoms with Gasteiger partial charge in [0.2, 0.25) is 0 Å². The van der Waals surface area contributed by atoms with Gasteiger partial charge in [-0.2, -0.15) is 0 Å². The van der Waals surface area contributed by atoms with Crippen molar-refractivity contribution < 1.29 is 8.78 Å². The summed E-state index contributed by atoms with van der Waals surface area (Å²) in [6, 6.07) is 3.64. The molecule has 1 aromatic carbocycles. The number of hydrogen-bond donors (Lipinski definition) is 2. The largest absolute Gasteiger partial charge is 0.271 e. The van der Waals surface area contributed by atoms with Crippen molar-refractivity contribution in [3.63, 3.8) is 0 Å². The zero-order valence-corrected chi connectivity index (χ0v) is 10.3. The first-order valence-corrected chi connectivity index (χ1v) is 6.01. The first kappa shape index (κ1) is 14.1. The van der Waals surface area contributed by atoms with Gasteiger partial charge in [-0.25, -0.2) is 8.78 Å². The third-order valence-electron chi connectivity index (χ3n) is 3.21. The Morgan fingerprint density at radius 1 is 1.12 bits per heavy atom. The van der Waals surface area contributed by atoms with E-state index in [2.05, 4.69) is 19.3 Å². The molecule has 0 fully saturated rings. The zero-order chi connectivity index (χ0) is 12.8. The Bertz CT molecular complexity index is 331. The Morgan fingerprint density at radius 2 is 1.65 bits per heavy atom. The predicted molar refractivity (Wildman–Crippen MR) is 65.2 cm³/mol. The van der Waals surface area contributed by atoms with Crippen LogP contribution in [0.4, 0.5) is 8.78 Å². The molecule has 0 saturated carbocycles. The van der Waals surface area contributed by atoms with Crippen LogP contribution in [0.2, 0.25) is 0 Å². The molecule has 17 heavy (non-hydrogen) atoms. The third kappa shape index (κ3) is 4.06. The number of benzene rings is 1. The van der Waals surface area contributed by atoms with Crippen LogP contribution in [0.15, 0.2) is 18.2 Å². The van der Waals surface area contributed by atoms with E-state index in [1.165, 1.54) is 12.1 Å². The van der Waals surface area contributed by atoms with E-state index in [9.17, 15) is 8.78 Å². The molecule has 2 nitrogen and oxygen atoms in total. The molecule has 0 aliphatic rings. The minimum Gasteiger partial charge on any atom is -0.271 e. The summed E-state index contributed by atoms with van der Waals surface area (Å²) in [6.07, 6.45) is 2.52. The van der Waals surface area contributed by atoms with E-state index in [-0.39, 0.29) is 6.04 Å². The number of hydrazine groups is 1. The molecule has 0 amide bonds. The lowest BCUT2D eigenvalue weighted by atomic mass is 9.90. The second-order valence-electron chi connectivity index (χ2n) is 4.33. The van der Waals surface area contributed by atoms with Crippen molar-refractivity contribution >= 4 is 0 Å². The Kier molecular flexibility index (Phi) is 5.51. The van der Waals surface area contributed by atoms with E-state index in [0.717, 1.165) is 18.9 Å². The summed E-state index contributed by atoms with van der Waals surface area (Å²) in [5.41, 5.74) is 3.38. The summed E-state index contributed by atoms with van der Waals surface area (Å²) in [5.74, 6) is 4.84. The van der Waals surface area contributed by atoms with Crippen LogP contribution in [0, 0.1) is 17.6 Å². The van der Waals surface area contributed by atoms with E-state index >= 15 is 0 Å². The molecular formula is C13H20F2N2. The maximum Gasteiger partial charge on any atom is 0.126 e. The fourth-order valence-corrected chi connectivity index (χ4v) is 2.20. The van der Waals surface area contributed by atoms with E-state index < -0.39 is 11.6 Å². The highest BCUT2D eigenvalue weighted by molar-refractivity contribution is 5.19. The van der Waals surface area contributed by atoms with Crippen molar-refractivity contribution in [2.24, 2.45) is 11.8 Å². The number of nitrogens with one attached hydrogen (secondary N) is 1. The molecule has 0 aliphatic heterocycles. The van der Waals surface area contributed by atoms with Gasteiger partial charge in [-0.1, -0.05) is 26.7 Å². The topological polar surface area (TPSA) is 38.0 Å². The van der Waals surface area contributed by atoms with Crippen molar-refractivity contribution in [2.45, 2.75) is 39.2 Å². The number of rotatable bonds is 6. The molecule has 3 N–H and O–H groups in total. The van der Waals surface area contributed by atoms with Gasteiger partial charge in [0, 0.05) is 12.1 Å². The summed E-state index contributed by atoms with van der Waals surface area (Å²) < 4.78 is 26.1. The highest BCUT2D eigenvalue weighted by Crippen LogP contribution is 2.18. The van der Waals surface area contributed by atoms with Gasteiger partial charge in [0.15, 0.2) is 0 Å². The summed E-state index contributed by atoms with van der Waals surface area (Å²) in [5, 5.41) is 0. The van der Waals surface area contributed by atoms with Gasteiger partial charge < -0.3 is 0 Å². The Labute approximate surface area is 101 Å². The van der Waals surface area contributed by atoms with Gasteiger partial charge in [-0.05, 0) is 30.0 Å². The van der Waals surface area contributed by atoms with Crippen LogP contribution < -0.4 is 11.3 Å². The van der Waals surface area contributed by atoms with Crippen LogP contribution in [-0.4, -0.2) is 6.04 Å². The highest BCUT2D eigenvalue weighted by atomic mass is 19.1. The summed E-state index contributed by atoms with van der Waals surface area (Å²) in [4.78, 5) is 0. The van der Waals surface area contributed by atoms with Crippen molar-refractivity contribution in [1.82, 2.24) is 5.43 Å². The summed E-state index contributed by atoms with van der Waals surface area (Å²) in [7, 11) is 0. The van der Waals surface area contributed by atoms with Crippen molar-refractivity contribution in [3.8, 4) is 0 Å². The zero-order valence-electron chi connectivity index (χ0n) is 10.3. The summed E-state index contributed by atoms with van der Waals surface area (Å²) >= 11 is 0. The normalized spacial score (nSPS) is 13.1. The molecule has 0 heterocycles. The number of halogens is 2. The first-order valence-electron chi connectivity index (χ1n) is 6.01. The molecule has 1 rings (SSSR count). The minimum atomic E-state index is -0.541. The molecule has 0 saturated heterocycles. The number of hydrogen-bond acceptors (Lipinski definition) is 2. The maximum atomic E-state index is 13.1. The molecule has 1 aromatic rings. The Balaban J connectivity index is 2.79. The predicted octanol–water partition coefficient (Wildman–Crippen LogP) is 2.78. The van der Waals surface area contributed by atoms with Crippen LogP contribution >= 0.6 is 0 Å². The lowest BCUT2D eigenvalue weighted by Gasteiger charge is -2.24. The summed E-state index contributed by atoms with van der Waals surface area (Å²) in [6.45, 7) is 4.18.